The molecule has 1 unspecified atom stereocenters. The van der Waals surface area contributed by atoms with Crippen LogP contribution in [0.2, 0.25) is 0 Å². The van der Waals surface area contributed by atoms with Gasteiger partial charge in [0, 0.05) is 36.6 Å². The monoisotopic (exact) mass is 252 g/mol. The molecule has 0 aromatic carbocycles. The van der Waals surface area contributed by atoms with Gasteiger partial charge in [0.1, 0.15) is 0 Å². The molecule has 1 aromatic rings. The molecule has 1 atom stereocenters. The maximum atomic E-state index is 11.5. The maximum absolute atomic E-state index is 11.5. The van der Waals surface area contributed by atoms with Crippen molar-refractivity contribution in [3.05, 3.63) is 34.7 Å². The Balaban J connectivity index is 1.73. The van der Waals surface area contributed by atoms with Gasteiger partial charge in [0.15, 0.2) is 0 Å². The van der Waals surface area contributed by atoms with E-state index >= 15 is 0 Å². The van der Waals surface area contributed by atoms with Crippen LogP contribution in [-0.4, -0.2) is 28.2 Å². The number of rotatable bonds is 5. The topological polar surface area (TPSA) is 34.0 Å². The number of nitrogens with zero attached hydrogens (tertiary/aromatic N) is 1. The van der Waals surface area contributed by atoms with Gasteiger partial charge in [-0.1, -0.05) is 6.07 Å². The Labute approximate surface area is 107 Å². The van der Waals surface area contributed by atoms with E-state index in [4.69, 9.17) is 0 Å². The van der Waals surface area contributed by atoms with Gasteiger partial charge in [-0.3, -0.25) is 4.79 Å². The lowest BCUT2D eigenvalue weighted by Gasteiger charge is -2.23. The van der Waals surface area contributed by atoms with E-state index in [1.807, 2.05) is 12.3 Å². The summed E-state index contributed by atoms with van der Waals surface area (Å²) in [4.78, 5) is 11.5. The fourth-order valence-corrected chi connectivity index (χ4v) is 3.45. The van der Waals surface area contributed by atoms with E-state index in [1.165, 1.54) is 18.6 Å². The number of hydrogen-bond donors (Lipinski definition) is 1. The van der Waals surface area contributed by atoms with Crippen LogP contribution >= 0.6 is 11.8 Å². The smallest absolute Gasteiger partial charge is 0.250 e. The number of pyridine rings is 1. The molecule has 17 heavy (non-hydrogen) atoms. The summed E-state index contributed by atoms with van der Waals surface area (Å²) in [7, 11) is 0. The Morgan fingerprint density at radius 3 is 3.12 bits per heavy atom. The molecule has 94 valence electrons. The molecule has 0 saturated carbocycles. The van der Waals surface area contributed by atoms with Crippen molar-refractivity contribution >= 4 is 11.8 Å². The van der Waals surface area contributed by atoms with Crippen LogP contribution in [0.4, 0.5) is 0 Å². The standard InChI is InChI=1S/C13H20N2OS/c1-13(6-4-10-17-13)11-14-7-9-15-8-3-2-5-12(15)16/h2-3,5,8,14H,4,6-7,9-11H2,1H3. The molecule has 1 N–H and O–H groups in total. The van der Waals surface area contributed by atoms with Gasteiger partial charge in [0.25, 0.3) is 5.56 Å². The Morgan fingerprint density at radius 2 is 2.41 bits per heavy atom. The van der Waals surface area contributed by atoms with Crippen LogP contribution < -0.4 is 10.9 Å². The van der Waals surface area contributed by atoms with Crippen LogP contribution in [0.15, 0.2) is 29.2 Å². The molecule has 1 aliphatic heterocycles. The molecule has 0 amide bonds. The quantitative estimate of drug-likeness (QED) is 0.810. The molecule has 4 heteroatoms. The lowest BCUT2D eigenvalue weighted by Crippen LogP contribution is -2.35. The van der Waals surface area contributed by atoms with Crippen LogP contribution in [0.1, 0.15) is 19.8 Å². The van der Waals surface area contributed by atoms with E-state index in [0.717, 1.165) is 19.6 Å². The second-order valence-electron chi connectivity index (χ2n) is 4.81. The third kappa shape index (κ3) is 3.61. The summed E-state index contributed by atoms with van der Waals surface area (Å²) >= 11 is 2.06. The van der Waals surface area contributed by atoms with Gasteiger partial charge < -0.3 is 9.88 Å². The predicted octanol–water partition coefficient (Wildman–Crippen LogP) is 1.72. The zero-order chi connectivity index (χ0) is 12.1. The second-order valence-corrected chi connectivity index (χ2v) is 6.49. The summed E-state index contributed by atoms with van der Waals surface area (Å²) in [5.74, 6) is 1.29. The van der Waals surface area contributed by atoms with Crippen molar-refractivity contribution < 1.29 is 0 Å². The van der Waals surface area contributed by atoms with E-state index in [0.29, 0.717) is 4.75 Å². The van der Waals surface area contributed by atoms with E-state index < -0.39 is 0 Å². The average molecular weight is 252 g/mol. The zero-order valence-corrected chi connectivity index (χ0v) is 11.1. The number of aromatic nitrogens is 1. The highest BCUT2D eigenvalue weighted by Gasteiger charge is 2.28. The van der Waals surface area contributed by atoms with Crippen molar-refractivity contribution in [2.75, 3.05) is 18.8 Å². The average Bonchev–Trinajstić information content (AvgIpc) is 2.74. The Hall–Kier alpha value is -0.740. The normalized spacial score (nSPS) is 24.1. The molecule has 2 heterocycles. The molecule has 0 spiro atoms. The largest absolute Gasteiger partial charge is 0.314 e. The van der Waals surface area contributed by atoms with Crippen molar-refractivity contribution in [2.45, 2.75) is 31.1 Å². The van der Waals surface area contributed by atoms with Gasteiger partial charge in [0.2, 0.25) is 0 Å². The minimum atomic E-state index is 0.0794. The summed E-state index contributed by atoms with van der Waals surface area (Å²) in [6.45, 7) is 4.98. The van der Waals surface area contributed by atoms with E-state index in [1.54, 1.807) is 16.7 Å². The van der Waals surface area contributed by atoms with Crippen LogP contribution in [0, 0.1) is 0 Å². The molecule has 3 nitrogen and oxygen atoms in total. The van der Waals surface area contributed by atoms with Crippen molar-refractivity contribution in [3.8, 4) is 0 Å². The molecule has 1 fully saturated rings. The fourth-order valence-electron chi connectivity index (χ4n) is 2.17. The van der Waals surface area contributed by atoms with E-state index in [2.05, 4.69) is 24.0 Å². The lowest BCUT2D eigenvalue weighted by atomic mass is 10.1. The Bertz CT molecular complexity index is 410. The fraction of sp³-hybridized carbons (Fsp3) is 0.615. The summed E-state index contributed by atoms with van der Waals surface area (Å²) in [5, 5.41) is 3.46. The van der Waals surface area contributed by atoms with E-state index in [9.17, 15) is 4.79 Å². The summed E-state index contributed by atoms with van der Waals surface area (Å²) in [5.41, 5.74) is 0.0794. The minimum absolute atomic E-state index is 0.0794. The van der Waals surface area contributed by atoms with Crippen molar-refractivity contribution in [2.24, 2.45) is 0 Å². The summed E-state index contributed by atoms with van der Waals surface area (Å²) < 4.78 is 2.15. The van der Waals surface area contributed by atoms with E-state index in [-0.39, 0.29) is 5.56 Å². The van der Waals surface area contributed by atoms with Crippen LogP contribution in [0.5, 0.6) is 0 Å². The van der Waals surface area contributed by atoms with Crippen molar-refractivity contribution in [3.63, 3.8) is 0 Å². The van der Waals surface area contributed by atoms with Crippen molar-refractivity contribution in [1.29, 1.82) is 0 Å². The molecule has 1 aromatic heterocycles. The molecule has 0 bridgehead atoms. The first-order chi connectivity index (χ1) is 8.20. The number of thioether (sulfide) groups is 1. The van der Waals surface area contributed by atoms with Gasteiger partial charge in [-0.25, -0.2) is 0 Å². The van der Waals surface area contributed by atoms with Crippen LogP contribution in [-0.2, 0) is 6.54 Å². The highest BCUT2D eigenvalue weighted by molar-refractivity contribution is 8.00. The van der Waals surface area contributed by atoms with Gasteiger partial charge >= 0.3 is 0 Å². The third-order valence-corrected chi connectivity index (χ3v) is 4.77. The molecule has 1 saturated heterocycles. The minimum Gasteiger partial charge on any atom is -0.314 e. The maximum Gasteiger partial charge on any atom is 0.250 e. The molecule has 1 aliphatic rings. The van der Waals surface area contributed by atoms with Gasteiger partial charge in [0.05, 0.1) is 0 Å². The predicted molar refractivity (Wildman–Crippen MR) is 73.7 cm³/mol. The van der Waals surface area contributed by atoms with Crippen LogP contribution in [0.25, 0.3) is 0 Å². The summed E-state index contributed by atoms with van der Waals surface area (Å²) in [6.07, 6.45) is 4.48. The molecule has 0 radical (unpaired) electrons. The van der Waals surface area contributed by atoms with Gasteiger partial charge in [-0.2, -0.15) is 11.8 Å². The highest BCUT2D eigenvalue weighted by Crippen LogP contribution is 2.36. The van der Waals surface area contributed by atoms with Gasteiger partial charge in [-0.15, -0.1) is 0 Å². The molecular formula is C13H20N2OS. The first-order valence-corrected chi connectivity index (χ1v) is 7.18. The lowest BCUT2D eigenvalue weighted by molar-refractivity contribution is 0.512. The Morgan fingerprint density at radius 1 is 1.53 bits per heavy atom. The highest BCUT2D eigenvalue weighted by atomic mass is 32.2. The van der Waals surface area contributed by atoms with Crippen LogP contribution in [0.3, 0.4) is 0 Å². The van der Waals surface area contributed by atoms with Gasteiger partial charge in [-0.05, 0) is 31.6 Å². The first kappa shape index (κ1) is 12.7. The molecule has 0 aliphatic carbocycles. The third-order valence-electron chi connectivity index (χ3n) is 3.23. The first-order valence-electron chi connectivity index (χ1n) is 6.20. The number of hydrogen-bond acceptors (Lipinski definition) is 3. The zero-order valence-electron chi connectivity index (χ0n) is 10.3. The summed E-state index contributed by atoms with van der Waals surface area (Å²) in [6, 6.07) is 5.28. The molecular weight excluding hydrogens is 232 g/mol. The Kier molecular flexibility index (Phi) is 4.29. The van der Waals surface area contributed by atoms with Crippen molar-refractivity contribution in [1.82, 2.24) is 9.88 Å². The second kappa shape index (κ2) is 5.74. The SMILES string of the molecule is CC1(CNCCn2ccccc2=O)CCCS1. The molecule has 2 rings (SSSR count). The number of nitrogens with one attached hydrogen (secondary N) is 1.